The lowest BCUT2D eigenvalue weighted by Gasteiger charge is -2.24. The Balaban J connectivity index is 3.96. The predicted octanol–water partition coefficient (Wildman–Crippen LogP) is 1.52. The molecule has 0 saturated heterocycles. The fraction of sp³-hybridized carbons (Fsp3) is 0.900. The van der Waals surface area contributed by atoms with Crippen LogP contribution in [0.2, 0.25) is 0 Å². The molecular formula is C10H20F2N2O. The summed E-state index contributed by atoms with van der Waals surface area (Å²) in [5.74, 6) is -0.160. The van der Waals surface area contributed by atoms with E-state index in [1.807, 2.05) is 0 Å². The van der Waals surface area contributed by atoms with Crippen molar-refractivity contribution in [2.24, 2.45) is 11.1 Å². The standard InChI is InChI=1S/C10H20F2N2O/c1-9(2,3)8(15)14-6-5-10(4,13)7(11)12/h7H,5-6,13H2,1-4H3,(H,14,15). The van der Waals surface area contributed by atoms with Gasteiger partial charge in [-0.1, -0.05) is 20.8 Å². The monoisotopic (exact) mass is 222 g/mol. The molecule has 0 radical (unpaired) electrons. The Kier molecular flexibility index (Phi) is 4.65. The molecule has 0 rings (SSSR count). The highest BCUT2D eigenvalue weighted by atomic mass is 19.3. The van der Waals surface area contributed by atoms with E-state index < -0.39 is 17.4 Å². The second-order valence-corrected chi connectivity index (χ2v) is 5.06. The minimum atomic E-state index is -2.58. The third kappa shape index (κ3) is 5.06. The van der Waals surface area contributed by atoms with Crippen molar-refractivity contribution >= 4 is 5.91 Å². The quantitative estimate of drug-likeness (QED) is 0.757. The Hall–Kier alpha value is -0.710. The zero-order valence-electron chi connectivity index (χ0n) is 9.73. The Labute approximate surface area is 89.4 Å². The van der Waals surface area contributed by atoms with Gasteiger partial charge in [0, 0.05) is 12.0 Å². The number of halogens is 2. The van der Waals surface area contributed by atoms with Crippen LogP contribution in [-0.4, -0.2) is 24.4 Å². The summed E-state index contributed by atoms with van der Waals surface area (Å²) in [5, 5.41) is 2.58. The molecule has 1 amide bonds. The second kappa shape index (κ2) is 4.88. The van der Waals surface area contributed by atoms with Crippen molar-refractivity contribution in [3.63, 3.8) is 0 Å². The second-order valence-electron chi connectivity index (χ2n) is 5.06. The van der Waals surface area contributed by atoms with Crippen molar-refractivity contribution in [1.29, 1.82) is 0 Å². The van der Waals surface area contributed by atoms with E-state index in [2.05, 4.69) is 5.32 Å². The third-order valence-electron chi connectivity index (χ3n) is 2.13. The predicted molar refractivity (Wildman–Crippen MR) is 55.7 cm³/mol. The summed E-state index contributed by atoms with van der Waals surface area (Å²) in [6.45, 7) is 6.74. The van der Waals surface area contributed by atoms with E-state index in [0.29, 0.717) is 0 Å². The highest BCUT2D eigenvalue weighted by Gasteiger charge is 2.30. The number of amides is 1. The summed E-state index contributed by atoms with van der Waals surface area (Å²) >= 11 is 0. The molecule has 0 aliphatic carbocycles. The van der Waals surface area contributed by atoms with Gasteiger partial charge in [0.1, 0.15) is 0 Å². The fourth-order valence-electron chi connectivity index (χ4n) is 0.820. The molecule has 0 aromatic rings. The van der Waals surface area contributed by atoms with Crippen molar-refractivity contribution < 1.29 is 13.6 Å². The van der Waals surface area contributed by atoms with Crippen LogP contribution in [0, 0.1) is 5.41 Å². The molecule has 0 heterocycles. The minimum Gasteiger partial charge on any atom is -0.356 e. The van der Waals surface area contributed by atoms with E-state index in [0.717, 1.165) is 0 Å². The Bertz CT molecular complexity index is 222. The van der Waals surface area contributed by atoms with Crippen LogP contribution < -0.4 is 11.1 Å². The molecule has 1 unspecified atom stereocenters. The van der Waals surface area contributed by atoms with Gasteiger partial charge in [0.25, 0.3) is 6.43 Å². The zero-order chi connectivity index (χ0) is 12.3. The topological polar surface area (TPSA) is 55.1 Å². The van der Waals surface area contributed by atoms with Crippen LogP contribution in [0.3, 0.4) is 0 Å². The highest BCUT2D eigenvalue weighted by Crippen LogP contribution is 2.16. The SMILES string of the molecule is CC(C)(C)C(=O)NCCC(C)(N)C(F)F. The van der Waals surface area contributed by atoms with E-state index >= 15 is 0 Å². The molecule has 1 atom stereocenters. The fourth-order valence-corrected chi connectivity index (χ4v) is 0.820. The zero-order valence-corrected chi connectivity index (χ0v) is 9.73. The first-order valence-corrected chi connectivity index (χ1v) is 4.93. The Morgan fingerprint density at radius 2 is 1.80 bits per heavy atom. The first kappa shape index (κ1) is 14.3. The number of alkyl halides is 2. The molecule has 0 aliphatic rings. The van der Waals surface area contributed by atoms with Gasteiger partial charge in [0.2, 0.25) is 5.91 Å². The van der Waals surface area contributed by atoms with Crippen LogP contribution in [-0.2, 0) is 4.79 Å². The number of hydrogen-bond acceptors (Lipinski definition) is 2. The van der Waals surface area contributed by atoms with E-state index in [1.54, 1.807) is 20.8 Å². The van der Waals surface area contributed by atoms with Gasteiger partial charge in [0.15, 0.2) is 0 Å². The van der Waals surface area contributed by atoms with E-state index in [-0.39, 0.29) is 18.9 Å². The largest absolute Gasteiger partial charge is 0.356 e. The first-order chi connectivity index (χ1) is 6.57. The average Bonchev–Trinajstić information content (AvgIpc) is 2.01. The maximum atomic E-state index is 12.3. The molecule has 0 spiro atoms. The number of rotatable bonds is 4. The summed E-state index contributed by atoms with van der Waals surface area (Å²) in [5.41, 5.74) is 3.31. The highest BCUT2D eigenvalue weighted by molar-refractivity contribution is 5.81. The molecule has 0 bridgehead atoms. The Morgan fingerprint density at radius 3 is 2.13 bits per heavy atom. The van der Waals surface area contributed by atoms with Gasteiger partial charge in [-0.05, 0) is 13.3 Å². The summed E-state index contributed by atoms with van der Waals surface area (Å²) < 4.78 is 24.7. The van der Waals surface area contributed by atoms with E-state index in [1.165, 1.54) is 6.92 Å². The molecule has 3 nitrogen and oxygen atoms in total. The van der Waals surface area contributed by atoms with Gasteiger partial charge < -0.3 is 11.1 Å². The van der Waals surface area contributed by atoms with Gasteiger partial charge in [0.05, 0.1) is 5.54 Å². The number of carbonyl (C=O) groups excluding carboxylic acids is 1. The molecule has 90 valence electrons. The number of hydrogen-bond donors (Lipinski definition) is 2. The molecular weight excluding hydrogens is 202 g/mol. The maximum absolute atomic E-state index is 12.3. The normalized spacial score (nSPS) is 16.3. The summed E-state index contributed by atoms with van der Waals surface area (Å²) in [6.07, 6.45) is -2.52. The van der Waals surface area contributed by atoms with Crippen molar-refractivity contribution in [2.75, 3.05) is 6.54 Å². The molecule has 5 heteroatoms. The van der Waals surface area contributed by atoms with E-state index in [9.17, 15) is 13.6 Å². The number of nitrogens with one attached hydrogen (secondary N) is 1. The molecule has 0 fully saturated rings. The summed E-state index contributed by atoms with van der Waals surface area (Å²) in [4.78, 5) is 11.4. The lowest BCUT2D eigenvalue weighted by atomic mass is 9.95. The third-order valence-corrected chi connectivity index (χ3v) is 2.13. The lowest BCUT2D eigenvalue weighted by molar-refractivity contribution is -0.128. The van der Waals surface area contributed by atoms with Gasteiger partial charge in [-0.3, -0.25) is 4.79 Å². The van der Waals surface area contributed by atoms with Crippen LogP contribution in [0.4, 0.5) is 8.78 Å². The summed E-state index contributed by atoms with van der Waals surface area (Å²) in [7, 11) is 0. The Morgan fingerprint density at radius 1 is 1.33 bits per heavy atom. The molecule has 0 aromatic carbocycles. The van der Waals surface area contributed by atoms with Crippen LogP contribution in [0.5, 0.6) is 0 Å². The summed E-state index contributed by atoms with van der Waals surface area (Å²) in [6, 6.07) is 0. The molecule has 0 aromatic heterocycles. The first-order valence-electron chi connectivity index (χ1n) is 4.93. The van der Waals surface area contributed by atoms with Crippen LogP contribution in [0.25, 0.3) is 0 Å². The van der Waals surface area contributed by atoms with Gasteiger partial charge in [-0.25, -0.2) is 8.78 Å². The number of carbonyl (C=O) groups is 1. The minimum absolute atomic E-state index is 0.0620. The smallest absolute Gasteiger partial charge is 0.256 e. The van der Waals surface area contributed by atoms with Crippen LogP contribution in [0.1, 0.15) is 34.1 Å². The average molecular weight is 222 g/mol. The van der Waals surface area contributed by atoms with Gasteiger partial charge in [-0.15, -0.1) is 0 Å². The van der Waals surface area contributed by atoms with Crippen LogP contribution in [0.15, 0.2) is 0 Å². The molecule has 0 saturated carbocycles. The molecule has 3 N–H and O–H groups in total. The van der Waals surface area contributed by atoms with Crippen molar-refractivity contribution in [3.05, 3.63) is 0 Å². The van der Waals surface area contributed by atoms with Gasteiger partial charge >= 0.3 is 0 Å². The molecule has 0 aliphatic heterocycles. The maximum Gasteiger partial charge on any atom is 0.256 e. The van der Waals surface area contributed by atoms with Crippen molar-refractivity contribution in [2.45, 2.75) is 46.1 Å². The molecule has 15 heavy (non-hydrogen) atoms. The van der Waals surface area contributed by atoms with Crippen molar-refractivity contribution in [1.82, 2.24) is 5.32 Å². The van der Waals surface area contributed by atoms with Crippen LogP contribution >= 0.6 is 0 Å². The van der Waals surface area contributed by atoms with Crippen molar-refractivity contribution in [3.8, 4) is 0 Å². The number of nitrogens with two attached hydrogens (primary N) is 1. The van der Waals surface area contributed by atoms with Gasteiger partial charge in [-0.2, -0.15) is 0 Å². The van der Waals surface area contributed by atoms with E-state index in [4.69, 9.17) is 5.73 Å². The lowest BCUT2D eigenvalue weighted by Crippen LogP contribution is -2.47.